The fraction of sp³-hybridized carbons (Fsp3) is 0.588. The molecule has 0 saturated heterocycles. The van der Waals surface area contributed by atoms with Crippen LogP contribution in [0.3, 0.4) is 0 Å². The topological polar surface area (TPSA) is 29.1 Å². The Labute approximate surface area is 138 Å². The van der Waals surface area contributed by atoms with Crippen LogP contribution in [0.2, 0.25) is 0 Å². The van der Waals surface area contributed by atoms with Crippen molar-refractivity contribution in [3.8, 4) is 0 Å². The number of thioether (sulfide) groups is 2. The summed E-state index contributed by atoms with van der Waals surface area (Å²) in [6.07, 6.45) is 12.7. The summed E-state index contributed by atoms with van der Waals surface area (Å²) in [5, 5.41) is 2.76. The first-order chi connectivity index (χ1) is 10.0. The summed E-state index contributed by atoms with van der Waals surface area (Å²) >= 11 is 3.02. The van der Waals surface area contributed by atoms with Crippen LogP contribution >= 0.6 is 23.5 Å². The lowest BCUT2D eigenvalue weighted by Crippen LogP contribution is -2.34. The van der Waals surface area contributed by atoms with Crippen molar-refractivity contribution in [1.82, 2.24) is 5.32 Å². The van der Waals surface area contributed by atoms with Gasteiger partial charge in [-0.05, 0) is 31.4 Å². The van der Waals surface area contributed by atoms with E-state index >= 15 is 0 Å². The second-order valence-electron chi connectivity index (χ2n) is 5.04. The Hall–Kier alpha value is -0.610. The van der Waals surface area contributed by atoms with Gasteiger partial charge in [-0.3, -0.25) is 4.79 Å². The highest BCUT2D eigenvalue weighted by Gasteiger charge is 2.16. The van der Waals surface area contributed by atoms with Crippen molar-refractivity contribution >= 4 is 29.4 Å². The van der Waals surface area contributed by atoms with Crippen molar-refractivity contribution in [3.05, 3.63) is 35.6 Å². The molecule has 0 aliphatic rings. The molecule has 0 saturated carbocycles. The molecule has 2 atom stereocenters. The van der Waals surface area contributed by atoms with E-state index in [1.54, 1.807) is 17.8 Å². The maximum Gasteiger partial charge on any atom is 0.237 e. The fourth-order valence-electron chi connectivity index (χ4n) is 1.66. The van der Waals surface area contributed by atoms with Gasteiger partial charge in [0.25, 0.3) is 0 Å². The van der Waals surface area contributed by atoms with Gasteiger partial charge in [-0.15, -0.1) is 30.1 Å². The summed E-state index contributed by atoms with van der Waals surface area (Å²) in [7, 11) is 0. The van der Waals surface area contributed by atoms with Gasteiger partial charge in [0.05, 0.1) is 0 Å². The zero-order chi connectivity index (χ0) is 16.1. The number of carbonyl (C=O) groups is 1. The van der Waals surface area contributed by atoms with Crippen LogP contribution in [0.4, 0.5) is 0 Å². The average Bonchev–Trinajstić information content (AvgIpc) is 2.49. The Morgan fingerprint density at radius 2 is 2.00 bits per heavy atom. The predicted octanol–water partition coefficient (Wildman–Crippen LogP) is 5.00. The van der Waals surface area contributed by atoms with E-state index in [4.69, 9.17) is 0 Å². The number of rotatable bonds is 12. The van der Waals surface area contributed by atoms with Crippen molar-refractivity contribution in [2.45, 2.75) is 44.8 Å². The second kappa shape index (κ2) is 13.1. The lowest BCUT2D eigenvalue weighted by atomic mass is 10.1. The quantitative estimate of drug-likeness (QED) is 0.512. The maximum atomic E-state index is 12.1. The molecule has 0 aromatic heterocycles. The summed E-state index contributed by atoms with van der Waals surface area (Å²) in [6.45, 7) is 12.7. The molecule has 4 heteroatoms. The Bertz CT molecular complexity index is 353. The lowest BCUT2D eigenvalue weighted by Gasteiger charge is -2.16. The minimum atomic E-state index is -0.249. The van der Waals surface area contributed by atoms with Crippen LogP contribution in [0.15, 0.2) is 35.6 Å². The largest absolute Gasteiger partial charge is 0.355 e. The molecule has 21 heavy (non-hydrogen) atoms. The molecule has 1 amide bonds. The molecule has 0 fully saturated rings. The minimum absolute atomic E-state index is 0.0265. The number of allylic oxidation sites excluding steroid dienone is 2. The molecule has 0 rings (SSSR count). The number of carbonyl (C=O) groups excluding carboxylic acids is 1. The van der Waals surface area contributed by atoms with Crippen molar-refractivity contribution in [3.63, 3.8) is 0 Å². The minimum Gasteiger partial charge on any atom is -0.355 e. The monoisotopic (exact) mass is 327 g/mol. The summed E-state index contributed by atoms with van der Waals surface area (Å²) in [5.41, 5.74) is 0. The van der Waals surface area contributed by atoms with Gasteiger partial charge in [0.2, 0.25) is 5.91 Å². The average molecular weight is 328 g/mol. The molecule has 0 aromatic rings. The van der Waals surface area contributed by atoms with Gasteiger partial charge < -0.3 is 5.32 Å². The van der Waals surface area contributed by atoms with Gasteiger partial charge in [-0.25, -0.2) is 0 Å². The Morgan fingerprint density at radius 1 is 1.33 bits per heavy atom. The molecule has 0 aliphatic carbocycles. The van der Waals surface area contributed by atoms with Crippen molar-refractivity contribution in [1.29, 1.82) is 0 Å². The number of nitrogens with one attached hydrogen (secondary N) is 1. The molecule has 0 aliphatic heterocycles. The van der Waals surface area contributed by atoms with Crippen LogP contribution in [-0.4, -0.2) is 24.0 Å². The standard InChI is InChI=1S/C17H29NOS2/c1-6-8-9-10-11-12-14(3)13-18-17(19)16(7-2)21-15(4)20-5/h7,9-10,14,16H,2,4,6,8,11-13H2,1,3,5H3,(H,18,19)/b10-9-. The first-order valence-corrected chi connectivity index (χ1v) is 9.60. The molecule has 1 N–H and O–H groups in total. The summed E-state index contributed by atoms with van der Waals surface area (Å²) in [5.74, 6) is 0.512. The van der Waals surface area contributed by atoms with Gasteiger partial charge in [0.15, 0.2) is 0 Å². The molecular formula is C17H29NOS2. The summed E-state index contributed by atoms with van der Waals surface area (Å²) in [4.78, 5) is 12.1. The molecule has 120 valence electrons. The summed E-state index contributed by atoms with van der Waals surface area (Å²) < 4.78 is 0.934. The van der Waals surface area contributed by atoms with Crippen molar-refractivity contribution < 1.29 is 4.79 Å². The van der Waals surface area contributed by atoms with E-state index in [0.29, 0.717) is 5.92 Å². The normalized spacial score (nSPS) is 13.9. The number of hydrogen-bond acceptors (Lipinski definition) is 3. The smallest absolute Gasteiger partial charge is 0.237 e. The van der Waals surface area contributed by atoms with Gasteiger partial charge in [-0.2, -0.15) is 0 Å². The van der Waals surface area contributed by atoms with Gasteiger partial charge in [0, 0.05) is 10.8 Å². The van der Waals surface area contributed by atoms with E-state index in [-0.39, 0.29) is 11.2 Å². The van der Waals surface area contributed by atoms with E-state index in [9.17, 15) is 4.79 Å². The highest BCUT2D eigenvalue weighted by molar-refractivity contribution is 8.22. The van der Waals surface area contributed by atoms with E-state index < -0.39 is 0 Å². The van der Waals surface area contributed by atoms with Crippen molar-refractivity contribution in [2.75, 3.05) is 12.8 Å². The van der Waals surface area contributed by atoms with E-state index in [1.165, 1.54) is 18.2 Å². The van der Waals surface area contributed by atoms with Gasteiger partial charge in [-0.1, -0.05) is 45.1 Å². The first kappa shape index (κ1) is 20.4. The zero-order valence-electron chi connectivity index (χ0n) is 13.6. The molecule has 0 heterocycles. The number of amides is 1. The molecular weight excluding hydrogens is 298 g/mol. The first-order valence-electron chi connectivity index (χ1n) is 7.49. The lowest BCUT2D eigenvalue weighted by molar-refractivity contribution is -0.119. The third-order valence-corrected chi connectivity index (χ3v) is 5.20. The highest BCUT2D eigenvalue weighted by atomic mass is 32.2. The molecule has 0 radical (unpaired) electrons. The van der Waals surface area contributed by atoms with Crippen LogP contribution in [0.25, 0.3) is 0 Å². The second-order valence-corrected chi connectivity index (χ2v) is 7.43. The van der Waals surface area contributed by atoms with E-state index in [1.807, 2.05) is 6.26 Å². The highest BCUT2D eigenvalue weighted by Crippen LogP contribution is 2.28. The number of unbranched alkanes of at least 4 members (excludes halogenated alkanes) is 1. The Kier molecular flexibility index (Phi) is 12.7. The molecule has 0 spiro atoms. The third kappa shape index (κ3) is 10.7. The zero-order valence-corrected chi connectivity index (χ0v) is 15.2. The molecule has 2 unspecified atom stereocenters. The van der Waals surface area contributed by atoms with Crippen LogP contribution in [0.1, 0.15) is 39.5 Å². The van der Waals surface area contributed by atoms with Crippen LogP contribution in [0.5, 0.6) is 0 Å². The number of hydrogen-bond donors (Lipinski definition) is 1. The Balaban J connectivity index is 3.98. The van der Waals surface area contributed by atoms with Crippen LogP contribution in [0, 0.1) is 5.92 Å². The van der Waals surface area contributed by atoms with Crippen LogP contribution in [-0.2, 0) is 4.79 Å². The van der Waals surface area contributed by atoms with Gasteiger partial charge >= 0.3 is 0 Å². The maximum absolute atomic E-state index is 12.1. The fourth-order valence-corrected chi connectivity index (χ4v) is 2.92. The predicted molar refractivity (Wildman–Crippen MR) is 99.7 cm³/mol. The molecule has 2 nitrogen and oxygen atoms in total. The SMILES string of the molecule is C=CC(SC(=C)SC)C(=O)NCC(C)CC/C=C\CCC. The third-order valence-electron chi connectivity index (χ3n) is 3.03. The summed E-state index contributed by atoms with van der Waals surface area (Å²) in [6, 6.07) is 0. The van der Waals surface area contributed by atoms with E-state index in [0.717, 1.165) is 30.0 Å². The van der Waals surface area contributed by atoms with E-state index in [2.05, 4.69) is 44.5 Å². The van der Waals surface area contributed by atoms with Crippen LogP contribution < -0.4 is 5.32 Å². The Morgan fingerprint density at radius 3 is 2.57 bits per heavy atom. The van der Waals surface area contributed by atoms with Crippen molar-refractivity contribution in [2.24, 2.45) is 5.92 Å². The molecule has 0 bridgehead atoms. The molecule has 0 aromatic carbocycles. The van der Waals surface area contributed by atoms with Gasteiger partial charge in [0.1, 0.15) is 5.25 Å².